The molecular weight excluding hydrogens is 414 g/mol. The molecule has 1 N–H and O–H groups in total. The van der Waals surface area contributed by atoms with Crippen molar-refractivity contribution in [1.82, 2.24) is 14.8 Å². The number of amides is 1. The summed E-state index contributed by atoms with van der Waals surface area (Å²) < 4.78 is 33.8. The lowest BCUT2D eigenvalue weighted by molar-refractivity contribution is -0.126. The summed E-state index contributed by atoms with van der Waals surface area (Å²) in [7, 11) is -3.84. The third-order valence-electron chi connectivity index (χ3n) is 5.96. The van der Waals surface area contributed by atoms with Crippen LogP contribution in [-0.2, 0) is 14.8 Å². The molecule has 0 bridgehead atoms. The lowest BCUT2D eigenvalue weighted by atomic mass is 9.99. The molecule has 2 heterocycles. The summed E-state index contributed by atoms with van der Waals surface area (Å²) in [6.45, 7) is 6.22. The first-order chi connectivity index (χ1) is 14.8. The average molecular weight is 444 g/mol. The van der Waals surface area contributed by atoms with Crippen molar-refractivity contribution in [3.63, 3.8) is 0 Å². The average Bonchev–Trinajstić information content (AvgIpc) is 3.48. The Morgan fingerprint density at radius 3 is 2.71 bits per heavy atom. The Hall–Kier alpha value is -2.45. The lowest BCUT2D eigenvalue weighted by Crippen LogP contribution is -2.46. The highest BCUT2D eigenvalue weighted by molar-refractivity contribution is 7.89. The first-order valence-corrected chi connectivity index (χ1v) is 12.2. The van der Waals surface area contributed by atoms with Gasteiger partial charge in [0, 0.05) is 19.1 Å². The van der Waals surface area contributed by atoms with E-state index in [0.717, 1.165) is 29.5 Å². The van der Waals surface area contributed by atoms with Crippen LogP contribution in [0.15, 0.2) is 27.6 Å². The maximum atomic E-state index is 13.5. The van der Waals surface area contributed by atoms with E-state index in [1.807, 2.05) is 38.1 Å². The zero-order chi connectivity index (χ0) is 22.2. The first-order valence-electron chi connectivity index (χ1n) is 10.8. The van der Waals surface area contributed by atoms with Crippen molar-refractivity contribution in [2.24, 2.45) is 5.92 Å². The summed E-state index contributed by atoms with van der Waals surface area (Å²) in [6, 6.07) is 6.37. The van der Waals surface area contributed by atoms with Gasteiger partial charge in [0.2, 0.25) is 15.9 Å². The summed E-state index contributed by atoms with van der Waals surface area (Å²) in [4.78, 5) is 12.6. The summed E-state index contributed by atoms with van der Waals surface area (Å²) in [6.07, 6.45) is 6.89. The van der Waals surface area contributed by atoms with Gasteiger partial charge in [0.05, 0.1) is 5.92 Å². The van der Waals surface area contributed by atoms with Crippen LogP contribution in [0.25, 0.3) is 12.2 Å². The first kappa shape index (κ1) is 21.8. The van der Waals surface area contributed by atoms with Crippen LogP contribution in [-0.4, -0.2) is 42.9 Å². The van der Waals surface area contributed by atoms with Crippen molar-refractivity contribution in [1.29, 1.82) is 0 Å². The number of nitrogens with zero attached hydrogens (tertiary/aromatic N) is 2. The number of benzene rings is 1. The van der Waals surface area contributed by atoms with Crippen LogP contribution >= 0.6 is 0 Å². The van der Waals surface area contributed by atoms with Crippen molar-refractivity contribution >= 4 is 28.1 Å². The number of hydrogen-bond acceptors (Lipinski definition) is 5. The molecule has 7 nitrogen and oxygen atoms in total. The fourth-order valence-corrected chi connectivity index (χ4v) is 5.73. The van der Waals surface area contributed by atoms with Gasteiger partial charge in [-0.25, -0.2) is 8.42 Å². The van der Waals surface area contributed by atoms with E-state index in [1.54, 1.807) is 13.0 Å². The van der Waals surface area contributed by atoms with Crippen LogP contribution in [0.1, 0.15) is 53.8 Å². The molecule has 1 saturated carbocycles. The minimum Gasteiger partial charge on any atom is -0.355 e. The second kappa shape index (κ2) is 8.59. The van der Waals surface area contributed by atoms with Gasteiger partial charge < -0.3 is 9.84 Å². The van der Waals surface area contributed by atoms with E-state index in [9.17, 15) is 13.2 Å². The van der Waals surface area contributed by atoms with Gasteiger partial charge in [-0.2, -0.15) is 4.31 Å². The van der Waals surface area contributed by atoms with E-state index in [2.05, 4.69) is 10.5 Å². The SMILES string of the molecule is Cc1ccc(C)c(/C=C/c2onc(C)c2S(=O)(=O)N2CCC[C@@H](C(=O)NC3CC3)C2)c1. The molecule has 1 aliphatic carbocycles. The molecule has 0 spiro atoms. The molecule has 8 heteroatoms. The number of rotatable bonds is 6. The Kier molecular flexibility index (Phi) is 6.03. The highest BCUT2D eigenvalue weighted by Gasteiger charge is 2.37. The molecule has 1 atom stereocenters. The number of aryl methyl sites for hydroxylation is 3. The zero-order valence-electron chi connectivity index (χ0n) is 18.2. The minimum absolute atomic E-state index is 0.0421. The van der Waals surface area contributed by atoms with Crippen LogP contribution in [0.2, 0.25) is 0 Å². The molecule has 166 valence electrons. The van der Waals surface area contributed by atoms with E-state index in [0.29, 0.717) is 25.1 Å². The largest absolute Gasteiger partial charge is 0.355 e. The molecule has 31 heavy (non-hydrogen) atoms. The minimum atomic E-state index is -3.84. The normalized spacial score (nSPS) is 20.3. The maximum Gasteiger partial charge on any atom is 0.248 e. The van der Waals surface area contributed by atoms with Gasteiger partial charge in [-0.15, -0.1) is 0 Å². The van der Waals surface area contributed by atoms with Crippen LogP contribution in [0.3, 0.4) is 0 Å². The second-order valence-corrected chi connectivity index (χ2v) is 10.5. The summed E-state index contributed by atoms with van der Waals surface area (Å²) in [5.41, 5.74) is 3.52. The number of nitrogens with one attached hydrogen (secondary N) is 1. The van der Waals surface area contributed by atoms with Crippen molar-refractivity contribution in [2.75, 3.05) is 13.1 Å². The topological polar surface area (TPSA) is 92.5 Å². The van der Waals surface area contributed by atoms with E-state index < -0.39 is 10.0 Å². The summed E-state index contributed by atoms with van der Waals surface area (Å²) in [5.74, 6) is -0.152. The smallest absolute Gasteiger partial charge is 0.248 e. The fraction of sp³-hybridized carbons (Fsp3) is 0.478. The van der Waals surface area contributed by atoms with Crippen molar-refractivity contribution in [2.45, 2.75) is 57.4 Å². The van der Waals surface area contributed by atoms with Gasteiger partial charge in [0.1, 0.15) is 5.69 Å². The molecule has 1 aliphatic heterocycles. The van der Waals surface area contributed by atoms with Gasteiger partial charge in [0.25, 0.3) is 0 Å². The summed E-state index contributed by atoms with van der Waals surface area (Å²) >= 11 is 0. The molecule has 1 saturated heterocycles. The van der Waals surface area contributed by atoms with Crippen molar-refractivity contribution in [3.05, 3.63) is 46.3 Å². The molecule has 2 aromatic rings. The van der Waals surface area contributed by atoms with Gasteiger partial charge >= 0.3 is 0 Å². The van der Waals surface area contributed by atoms with Crippen LogP contribution in [0.4, 0.5) is 0 Å². The fourth-order valence-electron chi connectivity index (χ4n) is 3.95. The van der Waals surface area contributed by atoms with Crippen LogP contribution < -0.4 is 5.32 Å². The Labute approximate surface area is 183 Å². The van der Waals surface area contributed by atoms with Crippen LogP contribution in [0, 0.1) is 26.7 Å². The molecule has 2 aliphatic rings. The Morgan fingerprint density at radius 2 is 1.97 bits per heavy atom. The lowest BCUT2D eigenvalue weighted by Gasteiger charge is -2.31. The summed E-state index contributed by atoms with van der Waals surface area (Å²) in [5, 5.41) is 6.92. The van der Waals surface area contributed by atoms with E-state index >= 15 is 0 Å². The molecule has 2 fully saturated rings. The quantitative estimate of drug-likeness (QED) is 0.738. The third kappa shape index (κ3) is 4.75. The molecule has 0 unspecified atom stereocenters. The predicted octanol–water partition coefficient (Wildman–Crippen LogP) is 3.45. The molecule has 1 aromatic heterocycles. The van der Waals surface area contributed by atoms with E-state index in [1.165, 1.54) is 4.31 Å². The Bertz CT molecular complexity index is 1120. The molecular formula is C23H29N3O4S. The second-order valence-electron chi connectivity index (χ2n) is 8.64. The van der Waals surface area contributed by atoms with Crippen molar-refractivity contribution < 1.29 is 17.7 Å². The monoisotopic (exact) mass is 443 g/mol. The van der Waals surface area contributed by atoms with Crippen LogP contribution in [0.5, 0.6) is 0 Å². The van der Waals surface area contributed by atoms with E-state index in [-0.39, 0.29) is 35.1 Å². The molecule has 0 radical (unpaired) electrons. The number of sulfonamides is 1. The van der Waals surface area contributed by atoms with Crippen molar-refractivity contribution in [3.8, 4) is 0 Å². The number of carbonyl (C=O) groups excluding carboxylic acids is 1. The Morgan fingerprint density at radius 1 is 1.19 bits per heavy atom. The van der Waals surface area contributed by atoms with Gasteiger partial charge in [0.15, 0.2) is 10.7 Å². The predicted molar refractivity (Wildman–Crippen MR) is 119 cm³/mol. The van der Waals surface area contributed by atoms with Gasteiger partial charge in [-0.05, 0) is 63.7 Å². The third-order valence-corrected chi connectivity index (χ3v) is 7.98. The van der Waals surface area contributed by atoms with Gasteiger partial charge in [-0.1, -0.05) is 35.0 Å². The number of hydrogen-bond donors (Lipinski definition) is 1. The molecule has 4 rings (SSSR count). The highest BCUT2D eigenvalue weighted by Crippen LogP contribution is 2.30. The maximum absolute atomic E-state index is 13.5. The molecule has 1 aromatic carbocycles. The Balaban J connectivity index is 1.58. The number of aromatic nitrogens is 1. The van der Waals surface area contributed by atoms with E-state index in [4.69, 9.17) is 4.52 Å². The standard InChI is InChI=1S/C23H29N3O4S/c1-15-6-7-16(2)18(13-15)8-11-21-22(17(3)25-30-21)31(28,29)26-12-4-5-19(14-26)23(27)24-20-9-10-20/h6-8,11,13,19-20H,4-5,9-10,12,14H2,1-3H3,(H,24,27)/b11-8+/t19-/m1/s1. The van der Waals surface area contributed by atoms with Gasteiger partial charge in [-0.3, -0.25) is 4.79 Å². The molecule has 1 amide bonds. The number of carbonyl (C=O) groups is 1. The number of piperidine rings is 1. The zero-order valence-corrected chi connectivity index (χ0v) is 19.0. The highest BCUT2D eigenvalue weighted by atomic mass is 32.2.